The van der Waals surface area contributed by atoms with E-state index in [0.717, 1.165) is 24.7 Å². The first kappa shape index (κ1) is 13.0. The highest BCUT2D eigenvalue weighted by atomic mass is 32.2. The van der Waals surface area contributed by atoms with E-state index in [-0.39, 0.29) is 5.60 Å². The fourth-order valence-corrected chi connectivity index (χ4v) is 2.62. The second kappa shape index (κ2) is 5.45. The second-order valence-corrected chi connectivity index (χ2v) is 6.17. The van der Waals surface area contributed by atoms with Gasteiger partial charge in [-0.2, -0.15) is 11.8 Å². The Morgan fingerprint density at radius 2 is 1.82 bits per heavy atom. The van der Waals surface area contributed by atoms with Crippen molar-refractivity contribution in [3.8, 4) is 0 Å². The Morgan fingerprint density at radius 3 is 2.29 bits per heavy atom. The van der Waals surface area contributed by atoms with E-state index in [4.69, 9.17) is 4.74 Å². The number of thioether (sulfide) groups is 1. The van der Waals surface area contributed by atoms with Crippen LogP contribution in [0.15, 0.2) is 24.3 Å². The molecule has 0 amide bonds. The van der Waals surface area contributed by atoms with E-state index in [1.54, 1.807) is 0 Å². The van der Waals surface area contributed by atoms with E-state index in [0.29, 0.717) is 0 Å². The fourth-order valence-electron chi connectivity index (χ4n) is 2.22. The summed E-state index contributed by atoms with van der Waals surface area (Å²) in [6, 6.07) is 8.82. The van der Waals surface area contributed by atoms with Gasteiger partial charge in [0, 0.05) is 11.0 Å². The highest BCUT2D eigenvalue weighted by molar-refractivity contribution is 8.06. The van der Waals surface area contributed by atoms with Gasteiger partial charge >= 0.3 is 0 Å². The van der Waals surface area contributed by atoms with Crippen molar-refractivity contribution in [2.75, 3.05) is 12.4 Å². The SMILES string of the molecule is CCC(CC)(OCC1CS1)c1ccc(C)cc1. The highest BCUT2D eigenvalue weighted by Crippen LogP contribution is 2.37. The zero-order valence-electron chi connectivity index (χ0n) is 11.0. The lowest BCUT2D eigenvalue weighted by molar-refractivity contribution is -0.0531. The van der Waals surface area contributed by atoms with Crippen LogP contribution in [0.5, 0.6) is 0 Å². The first-order valence-electron chi connectivity index (χ1n) is 6.53. The van der Waals surface area contributed by atoms with E-state index >= 15 is 0 Å². The minimum atomic E-state index is -0.0726. The van der Waals surface area contributed by atoms with Crippen LogP contribution < -0.4 is 0 Å². The van der Waals surface area contributed by atoms with Gasteiger partial charge in [0.2, 0.25) is 0 Å². The molecule has 2 rings (SSSR count). The maximum atomic E-state index is 6.26. The van der Waals surface area contributed by atoms with Gasteiger partial charge in [0.05, 0.1) is 12.2 Å². The van der Waals surface area contributed by atoms with E-state index < -0.39 is 0 Å². The first-order chi connectivity index (χ1) is 8.20. The number of benzene rings is 1. The number of aryl methyl sites for hydroxylation is 1. The Balaban J connectivity index is 2.15. The van der Waals surface area contributed by atoms with Crippen LogP contribution in [0.3, 0.4) is 0 Å². The van der Waals surface area contributed by atoms with Crippen molar-refractivity contribution in [1.29, 1.82) is 0 Å². The standard InChI is InChI=1S/C15H22OS/c1-4-15(5-2,16-10-14-11-17-14)13-8-6-12(3)7-9-13/h6-9,14H,4-5,10-11H2,1-3H3. The molecule has 1 atom stereocenters. The van der Waals surface area contributed by atoms with Gasteiger partial charge in [0.1, 0.15) is 0 Å². The first-order valence-corrected chi connectivity index (χ1v) is 7.58. The molecule has 2 heteroatoms. The van der Waals surface area contributed by atoms with Gasteiger partial charge < -0.3 is 4.74 Å². The van der Waals surface area contributed by atoms with Gasteiger partial charge in [-0.15, -0.1) is 0 Å². The van der Waals surface area contributed by atoms with Crippen LogP contribution >= 0.6 is 11.8 Å². The Bertz CT molecular complexity index is 350. The number of ether oxygens (including phenoxy) is 1. The summed E-state index contributed by atoms with van der Waals surface area (Å²) in [5.41, 5.74) is 2.57. The molecule has 1 saturated heterocycles. The van der Waals surface area contributed by atoms with Gasteiger partial charge in [0.15, 0.2) is 0 Å². The number of rotatable bonds is 6. The molecule has 0 spiro atoms. The van der Waals surface area contributed by atoms with Gasteiger partial charge in [0.25, 0.3) is 0 Å². The molecule has 1 heterocycles. The molecule has 0 saturated carbocycles. The Morgan fingerprint density at radius 1 is 1.24 bits per heavy atom. The zero-order valence-corrected chi connectivity index (χ0v) is 11.8. The van der Waals surface area contributed by atoms with Crippen molar-refractivity contribution < 1.29 is 4.74 Å². The van der Waals surface area contributed by atoms with Crippen molar-refractivity contribution in [3.63, 3.8) is 0 Å². The third kappa shape index (κ3) is 3.05. The van der Waals surface area contributed by atoms with Gasteiger partial charge in [-0.1, -0.05) is 43.7 Å². The predicted octanol–water partition coefficient (Wildman–Crippen LogP) is 4.14. The van der Waals surface area contributed by atoms with Crippen LogP contribution in [0.1, 0.15) is 37.8 Å². The second-order valence-electron chi connectivity index (χ2n) is 4.83. The molecular weight excluding hydrogens is 228 g/mol. The molecule has 94 valence electrons. The monoisotopic (exact) mass is 250 g/mol. The van der Waals surface area contributed by atoms with E-state index in [2.05, 4.69) is 45.0 Å². The molecule has 17 heavy (non-hydrogen) atoms. The lowest BCUT2D eigenvalue weighted by Crippen LogP contribution is -2.29. The summed E-state index contributed by atoms with van der Waals surface area (Å²) in [4.78, 5) is 0. The summed E-state index contributed by atoms with van der Waals surface area (Å²) in [5.74, 6) is 1.28. The smallest absolute Gasteiger partial charge is 0.0926 e. The summed E-state index contributed by atoms with van der Waals surface area (Å²) in [6.07, 6.45) is 2.09. The molecule has 1 aromatic rings. The fraction of sp³-hybridized carbons (Fsp3) is 0.600. The van der Waals surface area contributed by atoms with E-state index in [1.807, 2.05) is 11.8 Å². The lowest BCUT2D eigenvalue weighted by Gasteiger charge is -2.32. The Hall–Kier alpha value is -0.470. The van der Waals surface area contributed by atoms with Crippen LogP contribution in [0, 0.1) is 6.92 Å². The van der Waals surface area contributed by atoms with Crippen LogP contribution in [0.25, 0.3) is 0 Å². The number of hydrogen-bond acceptors (Lipinski definition) is 2. The summed E-state index contributed by atoms with van der Waals surface area (Å²) >= 11 is 2.00. The molecule has 0 N–H and O–H groups in total. The van der Waals surface area contributed by atoms with Crippen LogP contribution in [-0.2, 0) is 10.3 Å². The molecule has 1 aromatic carbocycles. The Labute approximate surface area is 109 Å². The third-order valence-corrected chi connectivity index (χ3v) is 4.61. The molecule has 1 aliphatic rings. The van der Waals surface area contributed by atoms with Crippen molar-refractivity contribution in [1.82, 2.24) is 0 Å². The van der Waals surface area contributed by atoms with Crippen molar-refractivity contribution in [2.45, 2.75) is 44.5 Å². The number of hydrogen-bond donors (Lipinski definition) is 0. The molecular formula is C15H22OS. The van der Waals surface area contributed by atoms with Gasteiger partial charge in [-0.3, -0.25) is 0 Å². The molecule has 1 aliphatic heterocycles. The topological polar surface area (TPSA) is 9.23 Å². The van der Waals surface area contributed by atoms with E-state index in [1.165, 1.54) is 16.9 Å². The van der Waals surface area contributed by atoms with Gasteiger partial charge in [-0.05, 0) is 25.3 Å². The molecule has 0 bridgehead atoms. The summed E-state index contributed by atoms with van der Waals surface area (Å²) in [7, 11) is 0. The van der Waals surface area contributed by atoms with Gasteiger partial charge in [-0.25, -0.2) is 0 Å². The van der Waals surface area contributed by atoms with Crippen LogP contribution in [-0.4, -0.2) is 17.6 Å². The summed E-state index contributed by atoms with van der Waals surface area (Å²) in [5, 5.41) is 0.748. The maximum absolute atomic E-state index is 6.26. The average Bonchev–Trinajstić information content (AvgIpc) is 3.17. The minimum Gasteiger partial charge on any atom is -0.369 e. The quantitative estimate of drug-likeness (QED) is 0.702. The molecule has 0 aliphatic carbocycles. The average molecular weight is 250 g/mol. The lowest BCUT2D eigenvalue weighted by atomic mass is 9.88. The van der Waals surface area contributed by atoms with Crippen LogP contribution in [0.2, 0.25) is 0 Å². The predicted molar refractivity (Wildman–Crippen MR) is 75.6 cm³/mol. The molecule has 0 aromatic heterocycles. The van der Waals surface area contributed by atoms with Crippen molar-refractivity contribution in [3.05, 3.63) is 35.4 Å². The highest BCUT2D eigenvalue weighted by Gasteiger charge is 2.32. The summed E-state index contributed by atoms with van der Waals surface area (Å²) < 4.78 is 6.26. The van der Waals surface area contributed by atoms with E-state index in [9.17, 15) is 0 Å². The molecule has 1 fully saturated rings. The molecule has 1 nitrogen and oxygen atoms in total. The largest absolute Gasteiger partial charge is 0.369 e. The minimum absolute atomic E-state index is 0.0726. The molecule has 1 unspecified atom stereocenters. The molecule has 0 radical (unpaired) electrons. The van der Waals surface area contributed by atoms with Crippen molar-refractivity contribution in [2.24, 2.45) is 0 Å². The zero-order chi connectivity index (χ0) is 12.3. The normalized spacial score (nSPS) is 19.4. The summed E-state index contributed by atoms with van der Waals surface area (Å²) in [6.45, 7) is 7.48. The Kier molecular flexibility index (Phi) is 4.16. The van der Waals surface area contributed by atoms with Crippen molar-refractivity contribution >= 4 is 11.8 Å². The maximum Gasteiger partial charge on any atom is 0.0926 e. The van der Waals surface area contributed by atoms with Crippen LogP contribution in [0.4, 0.5) is 0 Å². The third-order valence-electron chi connectivity index (χ3n) is 3.67.